The van der Waals surface area contributed by atoms with Crippen LogP contribution in [-0.4, -0.2) is 34.4 Å². The Labute approximate surface area is 155 Å². The maximum atomic E-state index is 12.0. The Hall–Kier alpha value is -2.35. The van der Waals surface area contributed by atoms with Gasteiger partial charge in [-0.25, -0.2) is 4.79 Å². The van der Waals surface area contributed by atoms with Gasteiger partial charge in [0.1, 0.15) is 0 Å². The van der Waals surface area contributed by atoms with Crippen molar-refractivity contribution in [2.75, 3.05) is 17.7 Å². The van der Waals surface area contributed by atoms with Crippen LogP contribution in [0.4, 0.5) is 5.69 Å². The van der Waals surface area contributed by atoms with Crippen LogP contribution >= 0.6 is 11.8 Å². The highest BCUT2D eigenvalue weighted by Gasteiger charge is 2.29. The van der Waals surface area contributed by atoms with Crippen molar-refractivity contribution in [2.45, 2.75) is 43.7 Å². The van der Waals surface area contributed by atoms with Crippen LogP contribution in [0.1, 0.15) is 54.8 Å². The molecule has 1 heterocycles. The Balaban J connectivity index is 1.43. The summed E-state index contributed by atoms with van der Waals surface area (Å²) in [5.41, 5.74) is 1.08. The van der Waals surface area contributed by atoms with Gasteiger partial charge >= 0.3 is 5.97 Å². The van der Waals surface area contributed by atoms with E-state index in [2.05, 4.69) is 15.5 Å². The van der Waals surface area contributed by atoms with Crippen molar-refractivity contribution in [3.63, 3.8) is 0 Å². The number of nitrogens with zero attached hydrogens (tertiary/aromatic N) is 2. The zero-order valence-corrected chi connectivity index (χ0v) is 15.4. The fourth-order valence-corrected chi connectivity index (χ4v) is 2.75. The molecule has 1 N–H and O–H groups in total. The second kappa shape index (κ2) is 8.84. The van der Waals surface area contributed by atoms with Crippen molar-refractivity contribution in [2.24, 2.45) is 0 Å². The number of hydrogen-bond acceptors (Lipinski definition) is 7. The van der Waals surface area contributed by atoms with Gasteiger partial charge in [-0.1, -0.05) is 25.1 Å². The van der Waals surface area contributed by atoms with Crippen molar-refractivity contribution in [1.29, 1.82) is 0 Å². The number of aromatic nitrogens is 2. The molecular formula is C18H21N3O4S. The molecule has 0 bridgehead atoms. The monoisotopic (exact) mass is 375 g/mol. The van der Waals surface area contributed by atoms with Gasteiger partial charge in [-0.2, -0.15) is 0 Å². The summed E-state index contributed by atoms with van der Waals surface area (Å²) < 4.78 is 10.6. The first kappa shape index (κ1) is 18.4. The SMILES string of the molecule is CCCCOC(=O)c1ccc(NC(=O)CSc2nnc(C3CC3)o2)cc1. The van der Waals surface area contributed by atoms with Crippen LogP contribution in [-0.2, 0) is 9.53 Å². The Bertz CT molecular complexity index is 756. The molecule has 26 heavy (non-hydrogen) atoms. The quantitative estimate of drug-likeness (QED) is 0.406. The molecule has 0 atom stereocenters. The van der Waals surface area contributed by atoms with Crippen LogP contribution in [0.2, 0.25) is 0 Å². The van der Waals surface area contributed by atoms with Gasteiger partial charge in [0.15, 0.2) is 0 Å². The molecule has 1 fully saturated rings. The normalized spacial score (nSPS) is 13.4. The fourth-order valence-electron chi connectivity index (χ4n) is 2.18. The minimum atomic E-state index is -0.352. The van der Waals surface area contributed by atoms with E-state index in [0.29, 0.717) is 34.9 Å². The standard InChI is InChI=1S/C18H21N3O4S/c1-2-3-10-24-17(23)13-6-8-14(9-7-13)19-15(22)11-26-18-21-20-16(25-18)12-4-5-12/h6-9,12H,2-5,10-11H2,1H3,(H,19,22). The smallest absolute Gasteiger partial charge is 0.338 e. The van der Waals surface area contributed by atoms with E-state index in [1.807, 2.05) is 6.92 Å². The number of unbranched alkanes of at least 4 members (excludes halogenated alkanes) is 1. The molecule has 0 radical (unpaired) electrons. The predicted octanol–water partition coefficient (Wildman–Crippen LogP) is 3.63. The van der Waals surface area contributed by atoms with Crippen LogP contribution < -0.4 is 5.32 Å². The molecule has 0 unspecified atom stereocenters. The number of anilines is 1. The first-order valence-corrected chi connectivity index (χ1v) is 9.67. The number of hydrogen-bond donors (Lipinski definition) is 1. The molecule has 1 aromatic carbocycles. The van der Waals surface area contributed by atoms with Crippen LogP contribution in [0.5, 0.6) is 0 Å². The van der Waals surface area contributed by atoms with Crippen molar-refractivity contribution in [3.05, 3.63) is 35.7 Å². The summed E-state index contributed by atoms with van der Waals surface area (Å²) in [7, 11) is 0. The average molecular weight is 375 g/mol. The van der Waals surface area contributed by atoms with E-state index >= 15 is 0 Å². The third-order valence-corrected chi connectivity index (χ3v) is 4.63. The zero-order chi connectivity index (χ0) is 18.4. The summed E-state index contributed by atoms with van der Waals surface area (Å²) >= 11 is 1.21. The van der Waals surface area contributed by atoms with Crippen LogP contribution in [0.25, 0.3) is 0 Å². The molecule has 7 nitrogen and oxygen atoms in total. The van der Waals surface area contributed by atoms with Gasteiger partial charge in [0.25, 0.3) is 5.22 Å². The van der Waals surface area contributed by atoms with E-state index in [0.717, 1.165) is 25.7 Å². The number of esters is 1. The van der Waals surface area contributed by atoms with Gasteiger partial charge in [-0.05, 0) is 43.5 Å². The molecular weight excluding hydrogens is 354 g/mol. The maximum absolute atomic E-state index is 12.0. The van der Waals surface area contributed by atoms with Gasteiger partial charge in [-0.3, -0.25) is 4.79 Å². The summed E-state index contributed by atoms with van der Waals surface area (Å²) in [4.78, 5) is 23.8. The zero-order valence-electron chi connectivity index (χ0n) is 14.6. The van der Waals surface area contributed by atoms with E-state index in [4.69, 9.17) is 9.15 Å². The largest absolute Gasteiger partial charge is 0.462 e. The van der Waals surface area contributed by atoms with Crippen molar-refractivity contribution < 1.29 is 18.7 Å². The number of nitrogens with one attached hydrogen (secondary N) is 1. The molecule has 1 aliphatic carbocycles. The Kier molecular flexibility index (Phi) is 6.27. The minimum Gasteiger partial charge on any atom is -0.462 e. The second-order valence-electron chi connectivity index (χ2n) is 6.08. The molecule has 8 heteroatoms. The average Bonchev–Trinajstić information content (AvgIpc) is 3.39. The minimum absolute atomic E-state index is 0.174. The summed E-state index contributed by atoms with van der Waals surface area (Å²) in [5.74, 6) is 0.703. The number of rotatable bonds is 9. The summed E-state index contributed by atoms with van der Waals surface area (Å²) in [5, 5.41) is 11.1. The van der Waals surface area contributed by atoms with E-state index in [1.54, 1.807) is 24.3 Å². The fraction of sp³-hybridized carbons (Fsp3) is 0.444. The third kappa shape index (κ3) is 5.32. The van der Waals surface area contributed by atoms with Crippen molar-refractivity contribution in [1.82, 2.24) is 10.2 Å². The highest BCUT2D eigenvalue weighted by molar-refractivity contribution is 7.99. The van der Waals surface area contributed by atoms with E-state index < -0.39 is 0 Å². The first-order chi connectivity index (χ1) is 12.7. The lowest BCUT2D eigenvalue weighted by Crippen LogP contribution is -2.14. The van der Waals surface area contributed by atoms with Crippen molar-refractivity contribution >= 4 is 29.3 Å². The summed E-state index contributed by atoms with van der Waals surface area (Å²) in [6, 6.07) is 6.63. The van der Waals surface area contributed by atoms with E-state index in [9.17, 15) is 9.59 Å². The van der Waals surface area contributed by atoms with Crippen LogP contribution in [0.3, 0.4) is 0 Å². The second-order valence-corrected chi connectivity index (χ2v) is 7.01. The van der Waals surface area contributed by atoms with Gasteiger partial charge in [0, 0.05) is 11.6 Å². The van der Waals surface area contributed by atoms with Gasteiger partial charge in [-0.15, -0.1) is 10.2 Å². The highest BCUT2D eigenvalue weighted by Crippen LogP contribution is 2.39. The number of benzene rings is 1. The molecule has 0 aliphatic heterocycles. The van der Waals surface area contributed by atoms with Crippen molar-refractivity contribution in [3.8, 4) is 0 Å². The number of amides is 1. The Morgan fingerprint density at radius 3 is 2.73 bits per heavy atom. The molecule has 138 valence electrons. The van der Waals surface area contributed by atoms with Gasteiger partial charge in [0.05, 0.1) is 17.9 Å². The Morgan fingerprint density at radius 2 is 2.04 bits per heavy atom. The highest BCUT2D eigenvalue weighted by atomic mass is 32.2. The molecule has 1 saturated carbocycles. The summed E-state index contributed by atoms with van der Waals surface area (Å²) in [6.07, 6.45) is 4.01. The lowest BCUT2D eigenvalue weighted by atomic mass is 10.2. The van der Waals surface area contributed by atoms with E-state index in [-0.39, 0.29) is 17.6 Å². The van der Waals surface area contributed by atoms with Crippen LogP contribution in [0, 0.1) is 0 Å². The van der Waals surface area contributed by atoms with Gasteiger partial charge < -0.3 is 14.5 Å². The first-order valence-electron chi connectivity index (χ1n) is 8.69. The van der Waals surface area contributed by atoms with E-state index in [1.165, 1.54) is 11.8 Å². The molecule has 1 aromatic heterocycles. The topological polar surface area (TPSA) is 94.3 Å². The molecule has 2 aromatic rings. The van der Waals surface area contributed by atoms with Crippen LogP contribution in [0.15, 0.2) is 33.9 Å². The lowest BCUT2D eigenvalue weighted by molar-refractivity contribution is -0.113. The molecule has 3 rings (SSSR count). The number of thioether (sulfide) groups is 1. The summed E-state index contributed by atoms with van der Waals surface area (Å²) in [6.45, 7) is 2.46. The maximum Gasteiger partial charge on any atom is 0.338 e. The Morgan fingerprint density at radius 1 is 1.27 bits per heavy atom. The lowest BCUT2D eigenvalue weighted by Gasteiger charge is -2.06. The predicted molar refractivity (Wildman–Crippen MR) is 97.3 cm³/mol. The number of carbonyl (C=O) groups excluding carboxylic acids is 2. The number of ether oxygens (including phenoxy) is 1. The third-order valence-electron chi connectivity index (χ3n) is 3.81. The number of carbonyl (C=O) groups is 2. The van der Waals surface area contributed by atoms with Gasteiger partial charge in [0.2, 0.25) is 11.8 Å². The molecule has 1 aliphatic rings. The molecule has 1 amide bonds. The molecule has 0 spiro atoms. The molecule has 0 saturated heterocycles.